The third-order valence-electron chi connectivity index (χ3n) is 2.48. The summed E-state index contributed by atoms with van der Waals surface area (Å²) in [5.41, 5.74) is 0.418. The summed E-state index contributed by atoms with van der Waals surface area (Å²) in [7, 11) is 1.22. The molecule has 0 aliphatic carbocycles. The highest BCUT2D eigenvalue weighted by Crippen LogP contribution is 2.30. The van der Waals surface area contributed by atoms with Crippen LogP contribution in [0.25, 0.3) is 0 Å². The summed E-state index contributed by atoms with van der Waals surface area (Å²) in [6.07, 6.45) is 0. The maximum Gasteiger partial charge on any atom is 0.348 e. The van der Waals surface area contributed by atoms with Crippen molar-refractivity contribution in [1.82, 2.24) is 0 Å². The third kappa shape index (κ3) is 3.47. The van der Waals surface area contributed by atoms with Gasteiger partial charge in [-0.25, -0.2) is 4.79 Å². The van der Waals surface area contributed by atoms with E-state index in [2.05, 4.69) is 10.1 Å². The van der Waals surface area contributed by atoms with Crippen LogP contribution in [0.3, 0.4) is 0 Å². The fraction of sp³-hybridized carbons (Fsp3) is 0.0769. The molecular formula is C13H9Cl2NO4S. The molecule has 1 heterocycles. The molecule has 2 aromatic rings. The van der Waals surface area contributed by atoms with Crippen molar-refractivity contribution >= 4 is 52.1 Å². The Bertz CT molecular complexity index is 714. The molecule has 110 valence electrons. The van der Waals surface area contributed by atoms with Crippen LogP contribution in [0.5, 0.6) is 5.75 Å². The van der Waals surface area contributed by atoms with Gasteiger partial charge in [0.05, 0.1) is 17.2 Å². The number of carbonyl (C=O) groups excluding carboxylic acids is 2. The summed E-state index contributed by atoms with van der Waals surface area (Å²) in [6, 6.07) is 5.76. The minimum atomic E-state index is -0.621. The van der Waals surface area contributed by atoms with Gasteiger partial charge >= 0.3 is 5.97 Å². The molecule has 0 saturated heterocycles. The van der Waals surface area contributed by atoms with Gasteiger partial charge in [0.2, 0.25) is 0 Å². The topological polar surface area (TPSA) is 75.6 Å². The van der Waals surface area contributed by atoms with Gasteiger partial charge in [-0.1, -0.05) is 23.2 Å². The first kappa shape index (κ1) is 15.6. The molecule has 0 aliphatic rings. The van der Waals surface area contributed by atoms with E-state index in [-0.39, 0.29) is 15.5 Å². The van der Waals surface area contributed by atoms with Crippen LogP contribution >= 0.6 is 34.5 Å². The maximum absolute atomic E-state index is 12.1. The van der Waals surface area contributed by atoms with Crippen molar-refractivity contribution in [1.29, 1.82) is 0 Å². The molecule has 0 aliphatic heterocycles. The van der Waals surface area contributed by atoms with E-state index in [1.807, 2.05) is 0 Å². The van der Waals surface area contributed by atoms with Crippen molar-refractivity contribution in [3.05, 3.63) is 44.1 Å². The lowest BCUT2D eigenvalue weighted by Crippen LogP contribution is -2.10. The number of nitrogens with one attached hydrogen (secondary N) is 1. The molecule has 2 N–H and O–H groups in total. The smallest absolute Gasteiger partial charge is 0.348 e. The van der Waals surface area contributed by atoms with Crippen molar-refractivity contribution in [3.63, 3.8) is 0 Å². The van der Waals surface area contributed by atoms with E-state index in [0.29, 0.717) is 15.7 Å². The standard InChI is InChI=1S/C13H9Cl2NO4S/c1-20-13(19)10-5-9(17)11(21-10)12(18)16-6-2-3-7(14)8(15)4-6/h2-5,17H,1H3,(H,16,18). The highest BCUT2D eigenvalue weighted by Gasteiger charge is 2.20. The Hall–Kier alpha value is -1.76. The van der Waals surface area contributed by atoms with Crippen LogP contribution in [0.1, 0.15) is 19.3 Å². The predicted octanol–water partition coefficient (Wildman–Crippen LogP) is 3.80. The van der Waals surface area contributed by atoms with Gasteiger partial charge in [-0.2, -0.15) is 0 Å². The first-order valence-electron chi connectivity index (χ1n) is 5.60. The zero-order valence-corrected chi connectivity index (χ0v) is 13.0. The summed E-state index contributed by atoms with van der Waals surface area (Å²) in [6.45, 7) is 0. The zero-order valence-electron chi connectivity index (χ0n) is 10.6. The van der Waals surface area contributed by atoms with E-state index in [1.54, 1.807) is 6.07 Å². The van der Waals surface area contributed by atoms with Gasteiger partial charge in [0.1, 0.15) is 15.5 Å². The Labute approximate surface area is 134 Å². The molecule has 0 radical (unpaired) electrons. The molecule has 0 atom stereocenters. The number of methoxy groups -OCH3 is 1. The van der Waals surface area contributed by atoms with E-state index in [9.17, 15) is 14.7 Å². The van der Waals surface area contributed by atoms with Crippen LogP contribution in [0.15, 0.2) is 24.3 Å². The lowest BCUT2D eigenvalue weighted by Gasteiger charge is -2.05. The second-order valence-electron chi connectivity index (χ2n) is 3.90. The number of ether oxygens (including phenoxy) is 1. The zero-order chi connectivity index (χ0) is 15.6. The molecule has 0 spiro atoms. The highest BCUT2D eigenvalue weighted by molar-refractivity contribution is 7.16. The summed E-state index contributed by atoms with van der Waals surface area (Å²) in [5, 5.41) is 12.9. The van der Waals surface area contributed by atoms with Gasteiger partial charge in [-0.15, -0.1) is 11.3 Å². The van der Waals surface area contributed by atoms with Crippen molar-refractivity contribution in [2.75, 3.05) is 12.4 Å². The summed E-state index contributed by atoms with van der Waals surface area (Å²) in [5.74, 6) is -1.48. The Kier molecular flexibility index (Phi) is 4.72. The molecule has 5 nitrogen and oxygen atoms in total. The largest absolute Gasteiger partial charge is 0.506 e. The van der Waals surface area contributed by atoms with Crippen LogP contribution in [0.4, 0.5) is 5.69 Å². The van der Waals surface area contributed by atoms with E-state index in [0.717, 1.165) is 11.3 Å². The monoisotopic (exact) mass is 345 g/mol. The number of aromatic hydroxyl groups is 1. The van der Waals surface area contributed by atoms with Gasteiger partial charge in [0.25, 0.3) is 5.91 Å². The molecular weight excluding hydrogens is 337 g/mol. The first-order chi connectivity index (χ1) is 9.92. The number of benzene rings is 1. The van der Waals surface area contributed by atoms with Crippen molar-refractivity contribution in [2.24, 2.45) is 0 Å². The van der Waals surface area contributed by atoms with Crippen LogP contribution < -0.4 is 5.32 Å². The number of thiophene rings is 1. The van der Waals surface area contributed by atoms with Gasteiger partial charge in [0.15, 0.2) is 0 Å². The molecule has 2 rings (SSSR count). The quantitative estimate of drug-likeness (QED) is 0.829. The number of hydrogen-bond donors (Lipinski definition) is 2. The highest BCUT2D eigenvalue weighted by atomic mass is 35.5. The SMILES string of the molecule is COC(=O)c1cc(O)c(C(=O)Nc2ccc(Cl)c(Cl)c2)s1. The summed E-state index contributed by atoms with van der Waals surface area (Å²) in [4.78, 5) is 23.6. The summed E-state index contributed by atoms with van der Waals surface area (Å²) < 4.78 is 4.53. The third-order valence-corrected chi connectivity index (χ3v) is 4.32. The number of amides is 1. The van der Waals surface area contributed by atoms with Crippen molar-refractivity contribution in [3.8, 4) is 5.75 Å². The molecule has 0 fully saturated rings. The normalized spacial score (nSPS) is 10.2. The maximum atomic E-state index is 12.1. The molecule has 0 bridgehead atoms. The molecule has 0 unspecified atom stereocenters. The number of anilines is 1. The first-order valence-corrected chi connectivity index (χ1v) is 7.17. The number of rotatable bonds is 3. The molecule has 8 heteroatoms. The predicted molar refractivity (Wildman–Crippen MR) is 81.7 cm³/mol. The van der Waals surface area contributed by atoms with Crippen molar-refractivity contribution in [2.45, 2.75) is 0 Å². The van der Waals surface area contributed by atoms with E-state index < -0.39 is 11.9 Å². The molecule has 1 aromatic carbocycles. The second-order valence-corrected chi connectivity index (χ2v) is 5.77. The van der Waals surface area contributed by atoms with Crippen LogP contribution in [-0.4, -0.2) is 24.1 Å². The number of carbonyl (C=O) groups is 2. The molecule has 1 aromatic heterocycles. The lowest BCUT2D eigenvalue weighted by atomic mass is 10.3. The van der Waals surface area contributed by atoms with Crippen LogP contribution in [0.2, 0.25) is 10.0 Å². The lowest BCUT2D eigenvalue weighted by molar-refractivity contribution is 0.0606. The van der Waals surface area contributed by atoms with Crippen LogP contribution in [-0.2, 0) is 4.74 Å². The molecule has 1 amide bonds. The van der Waals surface area contributed by atoms with E-state index in [4.69, 9.17) is 23.2 Å². The average molecular weight is 346 g/mol. The fourth-order valence-corrected chi connectivity index (χ4v) is 2.67. The Morgan fingerprint density at radius 1 is 1.24 bits per heavy atom. The molecule has 0 saturated carbocycles. The number of halogens is 2. The van der Waals surface area contributed by atoms with Gasteiger partial charge in [0, 0.05) is 11.8 Å². The number of hydrogen-bond acceptors (Lipinski definition) is 5. The second kappa shape index (κ2) is 6.34. The minimum absolute atomic E-state index is 0.00136. The minimum Gasteiger partial charge on any atom is -0.506 e. The summed E-state index contributed by atoms with van der Waals surface area (Å²) >= 11 is 12.5. The van der Waals surface area contributed by atoms with Crippen LogP contribution in [0, 0.1) is 0 Å². The molecule has 21 heavy (non-hydrogen) atoms. The van der Waals surface area contributed by atoms with Crippen molar-refractivity contribution < 1.29 is 19.4 Å². The number of esters is 1. The van der Waals surface area contributed by atoms with Gasteiger partial charge in [-0.3, -0.25) is 4.79 Å². The Morgan fingerprint density at radius 3 is 2.57 bits per heavy atom. The van der Waals surface area contributed by atoms with E-state index in [1.165, 1.54) is 25.3 Å². The van der Waals surface area contributed by atoms with Gasteiger partial charge in [-0.05, 0) is 18.2 Å². The fourth-order valence-electron chi connectivity index (χ4n) is 1.51. The average Bonchev–Trinajstić information content (AvgIpc) is 2.84. The van der Waals surface area contributed by atoms with E-state index >= 15 is 0 Å². The Morgan fingerprint density at radius 2 is 1.95 bits per heavy atom. The Balaban J connectivity index is 2.22. The van der Waals surface area contributed by atoms with Gasteiger partial charge < -0.3 is 15.2 Å².